The molecule has 1 aliphatic heterocycles. The number of allylic oxidation sites excluding steroid dienone is 4. The highest BCUT2D eigenvalue weighted by molar-refractivity contribution is 5.94. The molecule has 1 aromatic heterocycles. The lowest BCUT2D eigenvalue weighted by Gasteiger charge is -2.36. The van der Waals surface area contributed by atoms with Gasteiger partial charge in [0.15, 0.2) is 5.78 Å². The Morgan fingerprint density at radius 1 is 0.976 bits per heavy atom. The Bertz CT molecular complexity index is 1320. The molecule has 2 heterocycles. The second-order valence-corrected chi connectivity index (χ2v) is 11.7. The summed E-state index contributed by atoms with van der Waals surface area (Å²) < 4.78 is 8.19. The van der Waals surface area contributed by atoms with Gasteiger partial charge in [-0.1, -0.05) is 92.7 Å². The average molecular weight is 567 g/mol. The predicted molar refractivity (Wildman–Crippen MR) is 165 cm³/mol. The molecule has 1 unspecified atom stereocenters. The van der Waals surface area contributed by atoms with Crippen molar-refractivity contribution >= 4 is 11.9 Å². The first-order chi connectivity index (χ1) is 20.5. The van der Waals surface area contributed by atoms with E-state index < -0.39 is 0 Å². The van der Waals surface area contributed by atoms with Crippen molar-refractivity contribution in [2.75, 3.05) is 19.7 Å². The van der Waals surface area contributed by atoms with Crippen LogP contribution in [-0.2, 0) is 29.0 Å². The lowest BCUT2D eigenvalue weighted by Crippen LogP contribution is -2.45. The van der Waals surface area contributed by atoms with Gasteiger partial charge < -0.3 is 14.2 Å². The molecule has 1 amide bonds. The van der Waals surface area contributed by atoms with Crippen molar-refractivity contribution < 1.29 is 14.3 Å². The Hall–Kier alpha value is -3.97. The van der Waals surface area contributed by atoms with E-state index >= 15 is 0 Å². The monoisotopic (exact) mass is 566 g/mol. The van der Waals surface area contributed by atoms with Gasteiger partial charge >= 0.3 is 6.09 Å². The summed E-state index contributed by atoms with van der Waals surface area (Å²) in [6.45, 7) is 7.58. The smallest absolute Gasteiger partial charge is 0.409 e. The van der Waals surface area contributed by atoms with E-state index in [9.17, 15) is 9.59 Å². The summed E-state index contributed by atoms with van der Waals surface area (Å²) >= 11 is 0. The molecule has 2 aliphatic rings. The molecule has 5 rings (SSSR count). The zero-order chi connectivity index (χ0) is 29.3. The summed E-state index contributed by atoms with van der Waals surface area (Å²) in [5.41, 5.74) is 2.48. The zero-order valence-corrected chi connectivity index (χ0v) is 24.7. The molecule has 7 nitrogen and oxygen atoms in total. The van der Waals surface area contributed by atoms with E-state index in [-0.39, 0.29) is 29.9 Å². The third-order valence-corrected chi connectivity index (χ3v) is 8.42. The fraction of sp³-hybridized carbons (Fsp3) is 0.400. The number of piperidine rings is 1. The van der Waals surface area contributed by atoms with Gasteiger partial charge in [0.2, 0.25) is 0 Å². The van der Waals surface area contributed by atoms with E-state index in [1.165, 1.54) is 11.1 Å². The van der Waals surface area contributed by atoms with Crippen LogP contribution in [0.3, 0.4) is 0 Å². The maximum atomic E-state index is 13.2. The quantitative estimate of drug-likeness (QED) is 0.275. The number of benzene rings is 2. The molecule has 3 aromatic rings. The number of imidazole rings is 1. The molecule has 1 saturated heterocycles. The molecular weight excluding hydrogens is 524 g/mol. The van der Waals surface area contributed by atoms with Crippen LogP contribution in [0.25, 0.3) is 0 Å². The molecule has 2 aromatic carbocycles. The van der Waals surface area contributed by atoms with Crippen molar-refractivity contribution in [1.29, 1.82) is 0 Å². The van der Waals surface area contributed by atoms with Crippen LogP contribution < -0.4 is 0 Å². The number of aromatic nitrogens is 2. The number of hydrogen-bond acceptors (Lipinski definition) is 5. The minimum atomic E-state index is -0.242. The zero-order valence-electron chi connectivity index (χ0n) is 24.7. The lowest BCUT2D eigenvalue weighted by molar-refractivity contribution is -0.117. The number of rotatable bonds is 11. The van der Waals surface area contributed by atoms with Crippen molar-refractivity contribution in [3.8, 4) is 0 Å². The van der Waals surface area contributed by atoms with Crippen molar-refractivity contribution in [3.63, 3.8) is 0 Å². The standard InChI is InChI=1S/C35H42N4O3/c1-27(2)32(38(24-28-11-5-3-6-12-28)25-29-13-7-4-8-14-29)26-42-35(41)37-20-17-31(18-21-37)39-22-19-36-34(39)23-30-15-9-10-16-33(30)40/h3-16,19,22,27,30-32H,17-18,20-21,23-26H2,1-2H3/t30?,32-/m1/s1. The first-order valence-corrected chi connectivity index (χ1v) is 15.1. The van der Waals surface area contributed by atoms with E-state index in [4.69, 9.17) is 4.74 Å². The highest BCUT2D eigenvalue weighted by Gasteiger charge is 2.29. The third-order valence-electron chi connectivity index (χ3n) is 8.42. The molecule has 2 atom stereocenters. The van der Waals surface area contributed by atoms with Crippen LogP contribution in [0.1, 0.15) is 49.7 Å². The first kappa shape index (κ1) is 29.5. The Balaban J connectivity index is 1.17. The molecule has 0 spiro atoms. The van der Waals surface area contributed by atoms with Crippen molar-refractivity contribution in [2.24, 2.45) is 11.8 Å². The normalized spacial score (nSPS) is 18.1. The second kappa shape index (κ2) is 14.3. The summed E-state index contributed by atoms with van der Waals surface area (Å²) in [6.07, 6.45) is 13.1. The van der Waals surface area contributed by atoms with Crippen LogP contribution in [0, 0.1) is 11.8 Å². The largest absolute Gasteiger partial charge is 0.448 e. The lowest BCUT2D eigenvalue weighted by atomic mass is 9.95. The molecule has 1 fully saturated rings. The first-order valence-electron chi connectivity index (χ1n) is 15.1. The molecule has 0 radical (unpaired) electrons. The van der Waals surface area contributed by atoms with Crippen LogP contribution in [0.2, 0.25) is 0 Å². The second-order valence-electron chi connectivity index (χ2n) is 11.7. The molecule has 220 valence electrons. The van der Waals surface area contributed by atoms with Crippen LogP contribution in [0.15, 0.2) is 97.4 Å². The summed E-state index contributed by atoms with van der Waals surface area (Å²) in [5, 5.41) is 0. The highest BCUT2D eigenvalue weighted by atomic mass is 16.6. The fourth-order valence-corrected chi connectivity index (χ4v) is 5.99. The van der Waals surface area contributed by atoms with Crippen LogP contribution in [0.5, 0.6) is 0 Å². The van der Waals surface area contributed by atoms with Gasteiger partial charge in [0, 0.05) is 63.0 Å². The number of amides is 1. The number of likely N-dealkylation sites (tertiary alicyclic amines) is 1. The van der Waals surface area contributed by atoms with Crippen LogP contribution >= 0.6 is 0 Å². The fourth-order valence-electron chi connectivity index (χ4n) is 5.99. The van der Waals surface area contributed by atoms with Crippen molar-refractivity contribution in [2.45, 2.75) is 58.3 Å². The van der Waals surface area contributed by atoms with Crippen molar-refractivity contribution in [1.82, 2.24) is 19.4 Å². The van der Waals surface area contributed by atoms with Gasteiger partial charge in [-0.3, -0.25) is 9.69 Å². The third kappa shape index (κ3) is 7.65. The predicted octanol–water partition coefficient (Wildman–Crippen LogP) is 6.24. The Labute approximate surface area is 249 Å². The maximum absolute atomic E-state index is 13.2. The van der Waals surface area contributed by atoms with Gasteiger partial charge in [-0.05, 0) is 36.0 Å². The molecule has 42 heavy (non-hydrogen) atoms. The van der Waals surface area contributed by atoms with E-state index in [1.54, 1.807) is 12.2 Å². The van der Waals surface area contributed by atoms with Gasteiger partial charge in [0.1, 0.15) is 12.4 Å². The van der Waals surface area contributed by atoms with E-state index in [1.807, 2.05) is 41.6 Å². The van der Waals surface area contributed by atoms with Gasteiger partial charge in [-0.25, -0.2) is 9.78 Å². The summed E-state index contributed by atoms with van der Waals surface area (Å²) in [5.74, 6) is 1.18. The summed E-state index contributed by atoms with van der Waals surface area (Å²) in [7, 11) is 0. The minimum Gasteiger partial charge on any atom is -0.448 e. The van der Waals surface area contributed by atoms with Gasteiger partial charge in [-0.2, -0.15) is 0 Å². The minimum absolute atomic E-state index is 0.0757. The van der Waals surface area contributed by atoms with E-state index in [0.717, 1.165) is 31.8 Å². The molecular formula is C35H42N4O3. The van der Waals surface area contributed by atoms with Crippen LogP contribution in [-0.4, -0.2) is 57.0 Å². The maximum Gasteiger partial charge on any atom is 0.409 e. The Kier molecular flexibility index (Phi) is 10.0. The Morgan fingerprint density at radius 3 is 2.21 bits per heavy atom. The molecule has 0 bridgehead atoms. The Morgan fingerprint density at radius 2 is 1.62 bits per heavy atom. The number of nitrogens with zero attached hydrogens (tertiary/aromatic N) is 4. The highest BCUT2D eigenvalue weighted by Crippen LogP contribution is 2.26. The number of ether oxygens (including phenoxy) is 1. The number of carbonyl (C=O) groups is 2. The molecule has 1 aliphatic carbocycles. The summed E-state index contributed by atoms with van der Waals surface area (Å²) in [4.78, 5) is 34.3. The van der Waals surface area contributed by atoms with E-state index in [0.29, 0.717) is 32.0 Å². The SMILES string of the molecule is CC(C)[C@@H](COC(=O)N1CCC(n2ccnc2CC2C=CC=CC2=O)CC1)N(Cc1ccccc1)Cc1ccccc1. The van der Waals surface area contributed by atoms with Crippen molar-refractivity contribution in [3.05, 3.63) is 114 Å². The molecule has 0 N–H and O–H groups in total. The number of hydrogen-bond donors (Lipinski definition) is 0. The molecule has 7 heteroatoms. The number of carbonyl (C=O) groups excluding carboxylic acids is 2. The van der Waals surface area contributed by atoms with Crippen LogP contribution in [0.4, 0.5) is 4.79 Å². The molecule has 0 saturated carbocycles. The number of ketones is 1. The average Bonchev–Trinajstić information content (AvgIpc) is 3.47. The van der Waals surface area contributed by atoms with E-state index in [2.05, 4.69) is 76.8 Å². The van der Waals surface area contributed by atoms with Gasteiger partial charge in [0.05, 0.1) is 0 Å². The van der Waals surface area contributed by atoms with Gasteiger partial charge in [0.25, 0.3) is 0 Å². The topological polar surface area (TPSA) is 67.7 Å². The summed E-state index contributed by atoms with van der Waals surface area (Å²) in [6, 6.07) is 21.3. The van der Waals surface area contributed by atoms with Gasteiger partial charge in [-0.15, -0.1) is 0 Å².